The molecule has 0 aliphatic rings. The molecule has 0 fully saturated rings. The van der Waals surface area contributed by atoms with Crippen molar-refractivity contribution < 1.29 is 4.74 Å². The van der Waals surface area contributed by atoms with Crippen molar-refractivity contribution >= 4 is 30.5 Å². The average molecular weight is 247 g/mol. The van der Waals surface area contributed by atoms with Gasteiger partial charge in [0.15, 0.2) is 0 Å². The highest BCUT2D eigenvalue weighted by Crippen LogP contribution is 2.11. The molecule has 12 heavy (non-hydrogen) atoms. The first kappa shape index (κ1) is 10.0. The molecule has 0 radical (unpaired) electrons. The van der Waals surface area contributed by atoms with Gasteiger partial charge in [-0.3, -0.25) is 0 Å². The number of hydrogen-bond acceptors (Lipinski definition) is 1. The normalized spacial score (nSPS) is 12.6. The first-order valence-corrected chi connectivity index (χ1v) is 5.50. The van der Waals surface area contributed by atoms with E-state index in [0.717, 1.165) is 11.1 Å². The van der Waals surface area contributed by atoms with Crippen molar-refractivity contribution in [2.24, 2.45) is 0 Å². The van der Waals surface area contributed by atoms with Crippen molar-refractivity contribution in [3.63, 3.8) is 0 Å². The van der Waals surface area contributed by atoms with Gasteiger partial charge in [-0.1, -0.05) is 28.1 Å². The smallest absolute Gasteiger partial charge is 0.119 e. The molecule has 3 heteroatoms. The van der Waals surface area contributed by atoms with Gasteiger partial charge in [0.1, 0.15) is 11.9 Å². The molecule has 1 aromatic carbocycles. The summed E-state index contributed by atoms with van der Waals surface area (Å²) in [5, 5.41) is 2.03. The predicted molar refractivity (Wildman–Crippen MR) is 59.7 cm³/mol. The van der Waals surface area contributed by atoms with E-state index in [9.17, 15) is 0 Å². The van der Waals surface area contributed by atoms with Crippen molar-refractivity contribution in [1.82, 2.24) is 0 Å². The minimum Gasteiger partial charge on any atom is -0.490 e. The van der Waals surface area contributed by atoms with E-state index in [4.69, 9.17) is 4.74 Å². The lowest BCUT2D eigenvalue weighted by molar-refractivity contribution is 0.248. The van der Waals surface area contributed by atoms with Crippen LogP contribution in [0.1, 0.15) is 6.92 Å². The van der Waals surface area contributed by atoms with Crippen LogP contribution in [0.3, 0.4) is 0 Å². The van der Waals surface area contributed by atoms with E-state index in [1.807, 2.05) is 31.2 Å². The Labute approximate surface area is 83.8 Å². The number of benzene rings is 1. The maximum absolute atomic E-state index is 5.56. The second-order valence-electron chi connectivity index (χ2n) is 2.65. The van der Waals surface area contributed by atoms with Crippen LogP contribution in [-0.2, 0) is 0 Å². The third-order valence-corrected chi connectivity index (χ3v) is 2.73. The van der Waals surface area contributed by atoms with Crippen LogP contribution in [-0.4, -0.2) is 11.4 Å². The van der Waals surface area contributed by atoms with Crippen LogP contribution in [0.15, 0.2) is 24.3 Å². The molecule has 0 bridgehead atoms. The van der Waals surface area contributed by atoms with Gasteiger partial charge in [-0.15, -0.1) is 9.24 Å². The van der Waals surface area contributed by atoms with Gasteiger partial charge in [0, 0.05) is 5.33 Å². The summed E-state index contributed by atoms with van der Waals surface area (Å²) in [6.07, 6.45) is 0.223. The zero-order valence-corrected chi connectivity index (χ0v) is 9.70. The maximum Gasteiger partial charge on any atom is 0.119 e. The summed E-state index contributed by atoms with van der Waals surface area (Å²) in [4.78, 5) is 0. The molecule has 0 aromatic heterocycles. The summed E-state index contributed by atoms with van der Waals surface area (Å²) in [7, 11) is 2.64. The Hall–Kier alpha value is -0.0700. The Balaban J connectivity index is 2.58. The fourth-order valence-corrected chi connectivity index (χ4v) is 1.13. The number of alkyl halides is 1. The first-order chi connectivity index (χ1) is 5.72. The summed E-state index contributed by atoms with van der Waals surface area (Å²) in [6.45, 7) is 2.03. The van der Waals surface area contributed by atoms with Crippen LogP contribution in [0.4, 0.5) is 0 Å². The number of halogens is 1. The summed E-state index contributed by atoms with van der Waals surface area (Å²) in [6, 6.07) is 7.98. The number of ether oxygens (including phenoxy) is 1. The zero-order valence-electron chi connectivity index (χ0n) is 6.96. The van der Waals surface area contributed by atoms with Crippen molar-refractivity contribution in [3.05, 3.63) is 24.3 Å². The molecule has 0 spiro atoms. The fraction of sp³-hybridized carbons (Fsp3) is 0.333. The molecule has 0 N–H and O–H groups in total. The highest BCUT2D eigenvalue weighted by molar-refractivity contribution is 9.09. The second kappa shape index (κ2) is 4.84. The standard InChI is InChI=1S/C9H12BrOP/c1-7(6-10)11-8-2-4-9(12)5-3-8/h2-5,7H,6,12H2,1H3. The third kappa shape index (κ3) is 3.12. The summed E-state index contributed by atoms with van der Waals surface area (Å²) < 4.78 is 5.56. The van der Waals surface area contributed by atoms with E-state index in [1.165, 1.54) is 5.30 Å². The first-order valence-electron chi connectivity index (χ1n) is 3.80. The second-order valence-corrected chi connectivity index (χ2v) is 3.97. The van der Waals surface area contributed by atoms with Crippen LogP contribution in [0.2, 0.25) is 0 Å². The van der Waals surface area contributed by atoms with Crippen LogP contribution in [0, 0.1) is 0 Å². The molecule has 0 saturated heterocycles. The molecule has 1 nitrogen and oxygen atoms in total. The Morgan fingerprint density at radius 2 is 2.00 bits per heavy atom. The van der Waals surface area contributed by atoms with Gasteiger partial charge in [-0.05, 0) is 24.4 Å². The third-order valence-electron chi connectivity index (χ3n) is 1.43. The van der Waals surface area contributed by atoms with Gasteiger partial charge in [0.25, 0.3) is 0 Å². The lowest BCUT2D eigenvalue weighted by Crippen LogP contribution is -2.12. The summed E-state index contributed by atoms with van der Waals surface area (Å²) >= 11 is 3.36. The van der Waals surface area contributed by atoms with Crippen LogP contribution < -0.4 is 10.0 Å². The van der Waals surface area contributed by atoms with Crippen molar-refractivity contribution in [2.75, 3.05) is 5.33 Å². The van der Waals surface area contributed by atoms with E-state index in [0.29, 0.717) is 0 Å². The molecule has 0 heterocycles. The van der Waals surface area contributed by atoms with E-state index in [2.05, 4.69) is 25.2 Å². The van der Waals surface area contributed by atoms with Gasteiger partial charge in [0.2, 0.25) is 0 Å². The topological polar surface area (TPSA) is 9.23 Å². The van der Waals surface area contributed by atoms with E-state index in [-0.39, 0.29) is 6.10 Å². The largest absolute Gasteiger partial charge is 0.490 e. The van der Waals surface area contributed by atoms with Crippen molar-refractivity contribution in [1.29, 1.82) is 0 Å². The molecule has 1 rings (SSSR count). The molecule has 0 amide bonds. The quantitative estimate of drug-likeness (QED) is 0.588. The SMILES string of the molecule is CC(CBr)Oc1ccc(P)cc1. The number of rotatable bonds is 3. The molecule has 1 aromatic rings. The molecule has 0 saturated carbocycles. The van der Waals surface area contributed by atoms with Crippen LogP contribution >= 0.6 is 25.2 Å². The van der Waals surface area contributed by atoms with Gasteiger partial charge in [-0.25, -0.2) is 0 Å². The monoisotopic (exact) mass is 246 g/mol. The van der Waals surface area contributed by atoms with Crippen LogP contribution in [0.25, 0.3) is 0 Å². The lowest BCUT2D eigenvalue weighted by Gasteiger charge is -2.11. The van der Waals surface area contributed by atoms with Gasteiger partial charge in [-0.2, -0.15) is 0 Å². The fourth-order valence-electron chi connectivity index (χ4n) is 0.810. The van der Waals surface area contributed by atoms with E-state index in [1.54, 1.807) is 0 Å². The average Bonchev–Trinajstić information content (AvgIpc) is 2.09. The molecule has 2 atom stereocenters. The molecule has 0 aliphatic carbocycles. The summed E-state index contributed by atoms with van der Waals surface area (Å²) in [5.74, 6) is 0.924. The highest BCUT2D eigenvalue weighted by atomic mass is 79.9. The molecular weight excluding hydrogens is 235 g/mol. The minimum atomic E-state index is 0.223. The van der Waals surface area contributed by atoms with Crippen molar-refractivity contribution in [2.45, 2.75) is 13.0 Å². The molecular formula is C9H12BrOP. The molecule has 0 aliphatic heterocycles. The maximum atomic E-state index is 5.56. The van der Waals surface area contributed by atoms with E-state index >= 15 is 0 Å². The number of hydrogen-bond donors (Lipinski definition) is 0. The lowest BCUT2D eigenvalue weighted by atomic mass is 10.3. The Morgan fingerprint density at radius 3 is 2.50 bits per heavy atom. The molecule has 66 valence electrons. The van der Waals surface area contributed by atoms with Gasteiger partial charge >= 0.3 is 0 Å². The van der Waals surface area contributed by atoms with Gasteiger partial charge < -0.3 is 4.74 Å². The Morgan fingerprint density at radius 1 is 1.42 bits per heavy atom. The minimum absolute atomic E-state index is 0.223. The predicted octanol–water partition coefficient (Wildman–Crippen LogP) is 2.35. The Bertz CT molecular complexity index is 235. The Kier molecular flexibility index (Phi) is 4.03. The van der Waals surface area contributed by atoms with Crippen molar-refractivity contribution in [3.8, 4) is 5.75 Å². The zero-order chi connectivity index (χ0) is 8.97. The highest BCUT2D eigenvalue weighted by Gasteiger charge is 2.00. The van der Waals surface area contributed by atoms with Gasteiger partial charge in [0.05, 0.1) is 0 Å². The summed E-state index contributed by atoms with van der Waals surface area (Å²) in [5.41, 5.74) is 0. The molecule has 2 unspecified atom stereocenters. The van der Waals surface area contributed by atoms with Crippen LogP contribution in [0.5, 0.6) is 5.75 Å². The van der Waals surface area contributed by atoms with E-state index < -0.39 is 0 Å².